The first-order chi connectivity index (χ1) is 6.42. The molecule has 1 heteroatoms. The summed E-state index contributed by atoms with van der Waals surface area (Å²) in [7, 11) is 0. The Morgan fingerprint density at radius 1 is 1.23 bits per heavy atom. The van der Waals surface area contributed by atoms with E-state index in [4.69, 9.17) is 0 Å². The Balaban J connectivity index is 1.74. The maximum absolute atomic E-state index is 2.52. The van der Waals surface area contributed by atoms with E-state index in [0.29, 0.717) is 0 Å². The van der Waals surface area contributed by atoms with Crippen molar-refractivity contribution in [3.63, 3.8) is 0 Å². The first-order valence-electron chi connectivity index (χ1n) is 5.55. The van der Waals surface area contributed by atoms with Crippen LogP contribution in [0.4, 0.5) is 0 Å². The monoisotopic (exact) mass is 175 g/mol. The minimum absolute atomic E-state index is 0.811. The molecular formula is C12H17N. The minimum Gasteiger partial charge on any atom is -0.377 e. The summed E-state index contributed by atoms with van der Waals surface area (Å²) in [6.07, 6.45) is 12.8. The van der Waals surface area contributed by atoms with Crippen LogP contribution in [0.2, 0.25) is 0 Å². The quantitative estimate of drug-likeness (QED) is 0.554. The smallest absolute Gasteiger partial charge is 0.0173 e. The maximum atomic E-state index is 2.52. The molecular weight excluding hydrogens is 158 g/mol. The summed E-state index contributed by atoms with van der Waals surface area (Å²) in [5.41, 5.74) is 1.70. The van der Waals surface area contributed by atoms with Crippen LogP contribution >= 0.6 is 0 Å². The summed E-state index contributed by atoms with van der Waals surface area (Å²) in [5, 5.41) is 0. The lowest BCUT2D eigenvalue weighted by atomic mass is 10.0. The molecule has 0 aromatic carbocycles. The van der Waals surface area contributed by atoms with Gasteiger partial charge in [0.2, 0.25) is 0 Å². The van der Waals surface area contributed by atoms with Gasteiger partial charge in [0.25, 0.3) is 0 Å². The Kier molecular flexibility index (Phi) is 1.71. The van der Waals surface area contributed by atoms with Crippen LogP contribution in [0.5, 0.6) is 0 Å². The summed E-state index contributed by atoms with van der Waals surface area (Å²) in [6, 6.07) is 0. The summed E-state index contributed by atoms with van der Waals surface area (Å²) in [6.45, 7) is 2.59. The zero-order valence-electron chi connectivity index (χ0n) is 8.08. The second-order valence-corrected chi connectivity index (χ2v) is 4.64. The van der Waals surface area contributed by atoms with Gasteiger partial charge >= 0.3 is 0 Å². The second kappa shape index (κ2) is 2.90. The average Bonchev–Trinajstić information content (AvgIpc) is 2.77. The van der Waals surface area contributed by atoms with Crippen molar-refractivity contribution in [1.29, 1.82) is 0 Å². The van der Waals surface area contributed by atoms with E-state index in [1.54, 1.807) is 5.57 Å². The lowest BCUT2D eigenvalue weighted by Crippen LogP contribution is -2.12. The van der Waals surface area contributed by atoms with E-state index < -0.39 is 0 Å². The lowest BCUT2D eigenvalue weighted by Gasteiger charge is -2.16. The van der Waals surface area contributed by atoms with Gasteiger partial charge in [-0.15, -0.1) is 0 Å². The van der Waals surface area contributed by atoms with Crippen LogP contribution in [0.25, 0.3) is 0 Å². The van der Waals surface area contributed by atoms with Crippen LogP contribution in [-0.4, -0.2) is 18.0 Å². The molecule has 0 amide bonds. The highest BCUT2D eigenvalue weighted by Gasteiger charge is 2.31. The highest BCUT2D eigenvalue weighted by molar-refractivity contribution is 5.26. The molecule has 0 aromatic heterocycles. The Labute approximate surface area is 80.1 Å². The number of hydrogen-bond donors (Lipinski definition) is 0. The molecule has 1 heterocycles. The van der Waals surface area contributed by atoms with E-state index in [0.717, 1.165) is 11.8 Å². The molecule has 2 fully saturated rings. The molecule has 1 aliphatic heterocycles. The molecule has 2 bridgehead atoms. The average molecular weight is 175 g/mol. The van der Waals surface area contributed by atoms with Crippen molar-refractivity contribution in [3.8, 4) is 0 Å². The number of hydrogen-bond acceptors (Lipinski definition) is 1. The molecule has 13 heavy (non-hydrogen) atoms. The third kappa shape index (κ3) is 1.31. The Bertz CT molecular complexity index is 258. The SMILES string of the molecule is C1=CC2CC1C/C2=C\N1CCCC1. The van der Waals surface area contributed by atoms with E-state index >= 15 is 0 Å². The van der Waals surface area contributed by atoms with Gasteiger partial charge in [-0.25, -0.2) is 0 Å². The van der Waals surface area contributed by atoms with Crippen LogP contribution in [-0.2, 0) is 0 Å². The normalized spacial score (nSPS) is 39.7. The van der Waals surface area contributed by atoms with Crippen molar-refractivity contribution in [1.82, 2.24) is 4.90 Å². The molecule has 3 aliphatic rings. The zero-order chi connectivity index (χ0) is 8.67. The van der Waals surface area contributed by atoms with E-state index in [-0.39, 0.29) is 0 Å². The molecule has 2 unspecified atom stereocenters. The van der Waals surface area contributed by atoms with Gasteiger partial charge in [0, 0.05) is 19.0 Å². The number of fused-ring (bicyclic) bond motifs is 2. The fourth-order valence-electron chi connectivity index (χ4n) is 2.91. The van der Waals surface area contributed by atoms with Gasteiger partial charge < -0.3 is 4.90 Å². The summed E-state index contributed by atoms with van der Waals surface area (Å²) in [4.78, 5) is 2.52. The molecule has 2 aliphatic carbocycles. The molecule has 0 N–H and O–H groups in total. The van der Waals surface area contributed by atoms with Gasteiger partial charge in [-0.1, -0.05) is 12.2 Å². The van der Waals surface area contributed by atoms with Crippen molar-refractivity contribution in [2.45, 2.75) is 25.7 Å². The van der Waals surface area contributed by atoms with E-state index in [1.807, 2.05) is 0 Å². The molecule has 1 saturated carbocycles. The minimum atomic E-state index is 0.811. The second-order valence-electron chi connectivity index (χ2n) is 4.64. The highest BCUT2D eigenvalue weighted by atomic mass is 15.1. The van der Waals surface area contributed by atoms with Gasteiger partial charge in [0.15, 0.2) is 0 Å². The van der Waals surface area contributed by atoms with Crippen molar-refractivity contribution in [3.05, 3.63) is 23.9 Å². The molecule has 70 valence electrons. The third-order valence-electron chi connectivity index (χ3n) is 3.64. The van der Waals surface area contributed by atoms with E-state index in [1.165, 1.54) is 38.8 Å². The molecule has 0 radical (unpaired) electrons. The predicted molar refractivity (Wildman–Crippen MR) is 54.2 cm³/mol. The standard InChI is InChI=1S/C12H17N/c1-2-6-13(5-1)9-12-8-10-3-4-11(12)7-10/h3-4,9-11H,1-2,5-8H2/b12-9+. The van der Waals surface area contributed by atoms with Crippen LogP contribution in [0.15, 0.2) is 23.9 Å². The predicted octanol–water partition coefficient (Wildman–Crippen LogP) is 2.56. The topological polar surface area (TPSA) is 3.24 Å². The summed E-state index contributed by atoms with van der Waals surface area (Å²) >= 11 is 0. The van der Waals surface area contributed by atoms with Crippen LogP contribution in [0.3, 0.4) is 0 Å². The number of rotatable bonds is 1. The van der Waals surface area contributed by atoms with Crippen molar-refractivity contribution < 1.29 is 0 Å². The van der Waals surface area contributed by atoms with Gasteiger partial charge in [-0.2, -0.15) is 0 Å². The van der Waals surface area contributed by atoms with Gasteiger partial charge in [-0.05, 0) is 43.4 Å². The molecule has 0 aromatic rings. The number of allylic oxidation sites excluding steroid dienone is 3. The number of nitrogens with zero attached hydrogens (tertiary/aromatic N) is 1. The van der Waals surface area contributed by atoms with Crippen LogP contribution < -0.4 is 0 Å². The molecule has 1 saturated heterocycles. The molecule has 2 atom stereocenters. The zero-order valence-corrected chi connectivity index (χ0v) is 8.08. The molecule has 0 spiro atoms. The van der Waals surface area contributed by atoms with Crippen LogP contribution in [0, 0.1) is 11.8 Å². The summed E-state index contributed by atoms with van der Waals surface area (Å²) in [5.74, 6) is 1.70. The van der Waals surface area contributed by atoms with Crippen molar-refractivity contribution in [2.24, 2.45) is 11.8 Å². The molecule has 1 nitrogen and oxygen atoms in total. The first-order valence-corrected chi connectivity index (χ1v) is 5.55. The Morgan fingerprint density at radius 2 is 2.08 bits per heavy atom. The highest BCUT2D eigenvalue weighted by Crippen LogP contribution is 2.43. The maximum Gasteiger partial charge on any atom is 0.0173 e. The largest absolute Gasteiger partial charge is 0.377 e. The van der Waals surface area contributed by atoms with Crippen LogP contribution in [0.1, 0.15) is 25.7 Å². The van der Waals surface area contributed by atoms with Crippen molar-refractivity contribution in [2.75, 3.05) is 13.1 Å². The Hall–Kier alpha value is -0.720. The Morgan fingerprint density at radius 3 is 2.69 bits per heavy atom. The lowest BCUT2D eigenvalue weighted by molar-refractivity contribution is 0.459. The van der Waals surface area contributed by atoms with Gasteiger partial charge in [-0.3, -0.25) is 0 Å². The van der Waals surface area contributed by atoms with Gasteiger partial charge in [0.1, 0.15) is 0 Å². The fourth-order valence-corrected chi connectivity index (χ4v) is 2.91. The fraction of sp³-hybridized carbons (Fsp3) is 0.667. The number of likely N-dealkylation sites (tertiary alicyclic amines) is 1. The van der Waals surface area contributed by atoms with E-state index in [9.17, 15) is 0 Å². The first kappa shape index (κ1) is 7.66. The van der Waals surface area contributed by atoms with Gasteiger partial charge in [0.05, 0.1) is 0 Å². The third-order valence-corrected chi connectivity index (χ3v) is 3.64. The molecule has 3 rings (SSSR count). The van der Waals surface area contributed by atoms with E-state index in [2.05, 4.69) is 23.3 Å². The summed E-state index contributed by atoms with van der Waals surface area (Å²) < 4.78 is 0. The van der Waals surface area contributed by atoms with Crippen molar-refractivity contribution >= 4 is 0 Å².